The zero-order valence-corrected chi connectivity index (χ0v) is 12.6. The molecule has 0 spiro atoms. The summed E-state index contributed by atoms with van der Waals surface area (Å²) in [5.41, 5.74) is 6.35. The van der Waals surface area contributed by atoms with Gasteiger partial charge in [-0.3, -0.25) is 0 Å². The maximum absolute atomic E-state index is 12.3. The fourth-order valence-electron chi connectivity index (χ4n) is 1.61. The first kappa shape index (κ1) is 15.9. The van der Waals surface area contributed by atoms with Gasteiger partial charge in [0.15, 0.2) is 0 Å². The number of rotatable bonds is 5. The van der Waals surface area contributed by atoms with Crippen LogP contribution in [0, 0.1) is 13.8 Å². The Hall–Kier alpha value is -1.11. The van der Waals surface area contributed by atoms with E-state index in [0.29, 0.717) is 17.5 Å². The van der Waals surface area contributed by atoms with Gasteiger partial charge in [0.2, 0.25) is 10.0 Å². The van der Waals surface area contributed by atoms with Gasteiger partial charge in [-0.15, -0.1) is 0 Å². The molecule has 0 bridgehead atoms. The predicted molar refractivity (Wildman–Crippen MR) is 76.4 cm³/mol. The van der Waals surface area contributed by atoms with Crippen LogP contribution in [0.5, 0.6) is 0 Å². The van der Waals surface area contributed by atoms with E-state index >= 15 is 0 Å². The lowest BCUT2D eigenvalue weighted by Crippen LogP contribution is -2.40. The standard InChI is InChI=1S/C13H22N2O3S/c1-5-13(4,16)8-15-19(17,18)12-10(3)7-6-9(2)11(12)14/h6-7,15-16H,5,8,14H2,1-4H3. The zero-order chi connectivity index (χ0) is 14.8. The minimum Gasteiger partial charge on any atom is -0.397 e. The molecule has 0 saturated carbocycles. The molecule has 19 heavy (non-hydrogen) atoms. The van der Waals surface area contributed by atoms with E-state index in [-0.39, 0.29) is 17.1 Å². The third-order valence-corrected chi connectivity index (χ3v) is 4.89. The molecule has 5 nitrogen and oxygen atoms in total. The molecule has 0 amide bonds. The van der Waals surface area contributed by atoms with Crippen LogP contribution in [-0.2, 0) is 10.0 Å². The van der Waals surface area contributed by atoms with Crippen molar-refractivity contribution in [2.75, 3.05) is 12.3 Å². The van der Waals surface area contributed by atoms with Gasteiger partial charge in [0, 0.05) is 6.54 Å². The van der Waals surface area contributed by atoms with Crippen molar-refractivity contribution in [2.24, 2.45) is 0 Å². The molecule has 0 heterocycles. The Kier molecular flexibility index (Phi) is 4.60. The average Bonchev–Trinajstić information content (AvgIpc) is 2.32. The largest absolute Gasteiger partial charge is 0.397 e. The van der Waals surface area contributed by atoms with Crippen molar-refractivity contribution < 1.29 is 13.5 Å². The monoisotopic (exact) mass is 286 g/mol. The molecule has 0 radical (unpaired) electrons. The first-order valence-electron chi connectivity index (χ1n) is 6.18. The Morgan fingerprint density at radius 2 is 1.84 bits per heavy atom. The van der Waals surface area contributed by atoms with Gasteiger partial charge in [0.05, 0.1) is 11.3 Å². The van der Waals surface area contributed by atoms with Crippen LogP contribution < -0.4 is 10.5 Å². The van der Waals surface area contributed by atoms with E-state index in [1.807, 2.05) is 0 Å². The summed E-state index contributed by atoms with van der Waals surface area (Å²) in [5, 5.41) is 9.87. The van der Waals surface area contributed by atoms with Crippen LogP contribution in [0.3, 0.4) is 0 Å². The van der Waals surface area contributed by atoms with E-state index in [4.69, 9.17) is 5.73 Å². The Morgan fingerprint density at radius 3 is 2.37 bits per heavy atom. The molecule has 1 unspecified atom stereocenters. The average molecular weight is 286 g/mol. The minimum atomic E-state index is -3.72. The molecule has 0 aliphatic heterocycles. The molecule has 0 aromatic heterocycles. The van der Waals surface area contributed by atoms with Crippen LogP contribution in [0.2, 0.25) is 0 Å². The van der Waals surface area contributed by atoms with Crippen LogP contribution in [0.1, 0.15) is 31.4 Å². The van der Waals surface area contributed by atoms with Crippen molar-refractivity contribution in [2.45, 2.75) is 44.6 Å². The number of nitrogens with one attached hydrogen (secondary N) is 1. The van der Waals surface area contributed by atoms with Gasteiger partial charge < -0.3 is 10.8 Å². The molecule has 6 heteroatoms. The third kappa shape index (κ3) is 3.68. The van der Waals surface area contributed by atoms with Gasteiger partial charge in [-0.25, -0.2) is 13.1 Å². The number of hydrogen-bond acceptors (Lipinski definition) is 4. The van der Waals surface area contributed by atoms with E-state index in [1.165, 1.54) is 0 Å². The van der Waals surface area contributed by atoms with Crippen molar-refractivity contribution in [3.63, 3.8) is 0 Å². The number of hydrogen-bond donors (Lipinski definition) is 3. The summed E-state index contributed by atoms with van der Waals surface area (Å²) >= 11 is 0. The lowest BCUT2D eigenvalue weighted by Gasteiger charge is -2.22. The van der Waals surface area contributed by atoms with Crippen molar-refractivity contribution >= 4 is 15.7 Å². The van der Waals surface area contributed by atoms with Gasteiger partial charge in [-0.05, 0) is 38.3 Å². The summed E-state index contributed by atoms with van der Waals surface area (Å²) in [5.74, 6) is 0. The highest BCUT2D eigenvalue weighted by molar-refractivity contribution is 7.89. The normalized spacial score (nSPS) is 15.2. The topological polar surface area (TPSA) is 92.4 Å². The molecule has 108 valence electrons. The van der Waals surface area contributed by atoms with Crippen molar-refractivity contribution in [1.29, 1.82) is 0 Å². The van der Waals surface area contributed by atoms with Crippen LogP contribution in [0.4, 0.5) is 5.69 Å². The number of nitrogens with two attached hydrogens (primary N) is 1. The minimum absolute atomic E-state index is 0.0430. The number of anilines is 1. The van der Waals surface area contributed by atoms with E-state index in [2.05, 4.69) is 4.72 Å². The maximum Gasteiger partial charge on any atom is 0.242 e. The van der Waals surface area contributed by atoms with E-state index in [1.54, 1.807) is 39.8 Å². The second-order valence-electron chi connectivity index (χ2n) is 5.12. The van der Waals surface area contributed by atoms with Crippen molar-refractivity contribution in [3.8, 4) is 0 Å². The summed E-state index contributed by atoms with van der Waals surface area (Å²) in [6, 6.07) is 3.50. The van der Waals surface area contributed by atoms with E-state index < -0.39 is 15.6 Å². The fourth-order valence-corrected chi connectivity index (χ4v) is 3.20. The summed E-state index contributed by atoms with van der Waals surface area (Å²) in [7, 11) is -3.72. The maximum atomic E-state index is 12.3. The van der Waals surface area contributed by atoms with Gasteiger partial charge in [0.25, 0.3) is 0 Å². The molecule has 1 aromatic rings. The van der Waals surface area contributed by atoms with Gasteiger partial charge >= 0.3 is 0 Å². The lowest BCUT2D eigenvalue weighted by atomic mass is 10.1. The first-order chi connectivity index (χ1) is 8.60. The number of sulfonamides is 1. The van der Waals surface area contributed by atoms with Crippen LogP contribution in [0.25, 0.3) is 0 Å². The highest BCUT2D eigenvalue weighted by atomic mass is 32.2. The van der Waals surface area contributed by atoms with Crippen LogP contribution in [0.15, 0.2) is 17.0 Å². The number of aryl methyl sites for hydroxylation is 2. The lowest BCUT2D eigenvalue weighted by molar-refractivity contribution is 0.0613. The number of nitrogen functional groups attached to an aromatic ring is 1. The summed E-state index contributed by atoms with van der Waals surface area (Å²) in [6.45, 7) is 6.79. The van der Waals surface area contributed by atoms with E-state index in [9.17, 15) is 13.5 Å². The Morgan fingerprint density at radius 1 is 1.32 bits per heavy atom. The SMILES string of the molecule is CCC(C)(O)CNS(=O)(=O)c1c(C)ccc(C)c1N. The highest BCUT2D eigenvalue weighted by Crippen LogP contribution is 2.25. The van der Waals surface area contributed by atoms with Crippen LogP contribution in [-0.4, -0.2) is 25.7 Å². The Bertz CT molecular complexity index is 565. The third-order valence-electron chi connectivity index (χ3n) is 3.28. The van der Waals surface area contributed by atoms with Crippen molar-refractivity contribution in [1.82, 2.24) is 4.72 Å². The molecule has 0 fully saturated rings. The molecule has 1 aromatic carbocycles. The van der Waals surface area contributed by atoms with Crippen molar-refractivity contribution in [3.05, 3.63) is 23.3 Å². The summed E-state index contributed by atoms with van der Waals surface area (Å²) < 4.78 is 27.0. The van der Waals surface area contributed by atoms with Gasteiger partial charge in [-0.2, -0.15) is 0 Å². The smallest absolute Gasteiger partial charge is 0.242 e. The fraction of sp³-hybridized carbons (Fsp3) is 0.538. The van der Waals surface area contributed by atoms with E-state index in [0.717, 1.165) is 0 Å². The molecule has 0 aliphatic carbocycles. The molecule has 0 aliphatic rings. The quantitative estimate of drug-likeness (QED) is 0.712. The molecule has 4 N–H and O–H groups in total. The first-order valence-corrected chi connectivity index (χ1v) is 7.67. The number of aliphatic hydroxyl groups is 1. The second-order valence-corrected chi connectivity index (χ2v) is 6.82. The number of benzene rings is 1. The Labute approximate surface area is 114 Å². The molecule has 1 atom stereocenters. The molecular formula is C13H22N2O3S. The van der Waals surface area contributed by atoms with Gasteiger partial charge in [-0.1, -0.05) is 19.1 Å². The molecule has 1 rings (SSSR count). The zero-order valence-electron chi connectivity index (χ0n) is 11.8. The van der Waals surface area contributed by atoms with Gasteiger partial charge in [0.1, 0.15) is 4.90 Å². The summed E-state index contributed by atoms with van der Waals surface area (Å²) in [4.78, 5) is 0.0967. The predicted octanol–water partition coefficient (Wildman–Crippen LogP) is 1.32. The summed E-state index contributed by atoms with van der Waals surface area (Å²) in [6.07, 6.45) is 0.456. The molecule has 0 saturated heterocycles. The molecular weight excluding hydrogens is 264 g/mol. The second kappa shape index (κ2) is 5.48. The highest BCUT2D eigenvalue weighted by Gasteiger charge is 2.25. The Balaban J connectivity index is 3.12. The van der Waals surface area contributed by atoms with Crippen LogP contribution >= 0.6 is 0 Å².